The van der Waals surface area contributed by atoms with Gasteiger partial charge in [-0.05, 0) is 30.5 Å². The molecule has 0 radical (unpaired) electrons. The first kappa shape index (κ1) is 14.8. The molecule has 0 aromatic heterocycles. The minimum absolute atomic E-state index is 0.0474. The SMILES string of the molecule is CCC1CN(C(=O)NCCc2ccc(F)cc2)CCO1. The van der Waals surface area contributed by atoms with E-state index in [0.717, 1.165) is 12.0 Å². The van der Waals surface area contributed by atoms with E-state index in [-0.39, 0.29) is 18.0 Å². The Kier molecular flexibility index (Phi) is 5.35. The summed E-state index contributed by atoms with van der Waals surface area (Å²) in [5.74, 6) is -0.239. The van der Waals surface area contributed by atoms with Crippen molar-refractivity contribution in [2.45, 2.75) is 25.9 Å². The van der Waals surface area contributed by atoms with Crippen molar-refractivity contribution in [3.05, 3.63) is 35.6 Å². The van der Waals surface area contributed by atoms with Crippen LogP contribution in [0.25, 0.3) is 0 Å². The summed E-state index contributed by atoms with van der Waals surface area (Å²) in [5, 5.41) is 2.90. The van der Waals surface area contributed by atoms with Crippen LogP contribution in [-0.4, -0.2) is 43.3 Å². The summed E-state index contributed by atoms with van der Waals surface area (Å²) in [6.07, 6.45) is 1.76. The van der Waals surface area contributed by atoms with E-state index < -0.39 is 0 Å². The molecule has 1 atom stereocenters. The molecule has 1 N–H and O–H groups in total. The van der Waals surface area contributed by atoms with Gasteiger partial charge in [0.25, 0.3) is 0 Å². The van der Waals surface area contributed by atoms with Gasteiger partial charge in [-0.3, -0.25) is 0 Å². The van der Waals surface area contributed by atoms with Crippen LogP contribution >= 0.6 is 0 Å². The lowest BCUT2D eigenvalue weighted by molar-refractivity contribution is -0.0153. The molecule has 1 fully saturated rings. The number of urea groups is 1. The molecule has 1 aliphatic heterocycles. The van der Waals surface area contributed by atoms with E-state index in [9.17, 15) is 9.18 Å². The second-order valence-electron chi connectivity index (χ2n) is 4.96. The summed E-state index contributed by atoms with van der Waals surface area (Å²) in [4.78, 5) is 13.8. The summed E-state index contributed by atoms with van der Waals surface area (Å²) in [5.41, 5.74) is 1.01. The number of ether oxygens (including phenoxy) is 1. The van der Waals surface area contributed by atoms with Crippen LogP contribution in [0.2, 0.25) is 0 Å². The third kappa shape index (κ3) is 4.20. The number of hydrogen-bond acceptors (Lipinski definition) is 2. The highest BCUT2D eigenvalue weighted by Gasteiger charge is 2.22. The Morgan fingerprint density at radius 1 is 1.45 bits per heavy atom. The lowest BCUT2D eigenvalue weighted by Gasteiger charge is -2.32. The predicted octanol–water partition coefficient (Wildman–Crippen LogP) is 2.19. The van der Waals surface area contributed by atoms with Crippen LogP contribution in [0.3, 0.4) is 0 Å². The van der Waals surface area contributed by atoms with Crippen LogP contribution in [0.4, 0.5) is 9.18 Å². The number of hydrogen-bond donors (Lipinski definition) is 1. The number of nitrogens with one attached hydrogen (secondary N) is 1. The predicted molar refractivity (Wildman–Crippen MR) is 75.1 cm³/mol. The molecule has 20 heavy (non-hydrogen) atoms. The molecule has 110 valence electrons. The Hall–Kier alpha value is -1.62. The molecule has 1 heterocycles. The number of carbonyl (C=O) groups is 1. The highest BCUT2D eigenvalue weighted by Crippen LogP contribution is 2.08. The molecule has 1 aliphatic rings. The Morgan fingerprint density at radius 3 is 2.90 bits per heavy atom. The molecule has 1 unspecified atom stereocenters. The molecular formula is C15H21FN2O2. The zero-order valence-corrected chi connectivity index (χ0v) is 11.8. The monoisotopic (exact) mass is 280 g/mol. The molecule has 0 bridgehead atoms. The molecule has 1 aromatic carbocycles. The standard InChI is InChI=1S/C15H21FN2O2/c1-2-14-11-18(9-10-20-14)15(19)17-8-7-12-3-5-13(16)6-4-12/h3-6,14H,2,7-11H2,1H3,(H,17,19). The minimum Gasteiger partial charge on any atom is -0.375 e. The van der Waals surface area contributed by atoms with Crippen molar-refractivity contribution in [1.29, 1.82) is 0 Å². The summed E-state index contributed by atoms with van der Waals surface area (Å²) < 4.78 is 18.3. The topological polar surface area (TPSA) is 41.6 Å². The molecule has 1 saturated heterocycles. The summed E-state index contributed by atoms with van der Waals surface area (Å²) in [6, 6.07) is 6.30. The van der Waals surface area contributed by atoms with Gasteiger partial charge in [-0.25, -0.2) is 9.18 Å². The fourth-order valence-electron chi connectivity index (χ4n) is 2.23. The van der Waals surface area contributed by atoms with Gasteiger partial charge < -0.3 is 15.0 Å². The van der Waals surface area contributed by atoms with Crippen LogP contribution < -0.4 is 5.32 Å². The maximum atomic E-state index is 12.8. The van der Waals surface area contributed by atoms with E-state index in [4.69, 9.17) is 4.74 Å². The van der Waals surface area contributed by atoms with Gasteiger partial charge in [0.05, 0.1) is 12.7 Å². The average molecular weight is 280 g/mol. The third-order valence-electron chi connectivity index (χ3n) is 3.48. The van der Waals surface area contributed by atoms with Gasteiger partial charge in [0.1, 0.15) is 5.82 Å². The van der Waals surface area contributed by atoms with E-state index in [1.807, 2.05) is 0 Å². The Balaban J connectivity index is 1.73. The second kappa shape index (κ2) is 7.24. The van der Waals surface area contributed by atoms with Gasteiger partial charge in [-0.2, -0.15) is 0 Å². The number of benzene rings is 1. The van der Waals surface area contributed by atoms with Gasteiger partial charge in [-0.1, -0.05) is 19.1 Å². The minimum atomic E-state index is -0.239. The van der Waals surface area contributed by atoms with Crippen molar-refractivity contribution in [2.75, 3.05) is 26.2 Å². The number of nitrogens with zero attached hydrogens (tertiary/aromatic N) is 1. The molecule has 0 saturated carbocycles. The van der Waals surface area contributed by atoms with Crippen LogP contribution in [0.1, 0.15) is 18.9 Å². The lowest BCUT2D eigenvalue weighted by Crippen LogP contribution is -2.49. The van der Waals surface area contributed by atoms with Gasteiger partial charge in [-0.15, -0.1) is 0 Å². The van der Waals surface area contributed by atoms with E-state index in [0.29, 0.717) is 32.7 Å². The van der Waals surface area contributed by atoms with E-state index in [1.165, 1.54) is 12.1 Å². The van der Waals surface area contributed by atoms with Crippen LogP contribution in [0, 0.1) is 5.82 Å². The number of rotatable bonds is 4. The summed E-state index contributed by atoms with van der Waals surface area (Å²) in [6.45, 7) is 4.50. The van der Waals surface area contributed by atoms with E-state index >= 15 is 0 Å². The highest BCUT2D eigenvalue weighted by atomic mass is 19.1. The molecule has 0 aliphatic carbocycles. The zero-order chi connectivity index (χ0) is 14.4. The van der Waals surface area contributed by atoms with Crippen LogP contribution in [0.15, 0.2) is 24.3 Å². The zero-order valence-electron chi connectivity index (χ0n) is 11.8. The number of halogens is 1. The number of carbonyl (C=O) groups excluding carboxylic acids is 1. The van der Waals surface area contributed by atoms with Gasteiger partial charge in [0.15, 0.2) is 0 Å². The van der Waals surface area contributed by atoms with E-state index in [2.05, 4.69) is 12.2 Å². The average Bonchev–Trinajstić information content (AvgIpc) is 2.49. The second-order valence-corrected chi connectivity index (χ2v) is 4.96. The van der Waals surface area contributed by atoms with Crippen molar-refractivity contribution in [3.63, 3.8) is 0 Å². The fourth-order valence-corrected chi connectivity index (χ4v) is 2.23. The van der Waals surface area contributed by atoms with Crippen molar-refractivity contribution < 1.29 is 13.9 Å². The molecule has 1 aromatic rings. The van der Waals surface area contributed by atoms with Crippen LogP contribution in [-0.2, 0) is 11.2 Å². The summed E-state index contributed by atoms with van der Waals surface area (Å²) >= 11 is 0. The molecule has 2 amide bonds. The van der Waals surface area contributed by atoms with Crippen molar-refractivity contribution in [2.24, 2.45) is 0 Å². The fraction of sp³-hybridized carbons (Fsp3) is 0.533. The first-order valence-electron chi connectivity index (χ1n) is 7.08. The van der Waals surface area contributed by atoms with Crippen molar-refractivity contribution >= 4 is 6.03 Å². The molecule has 2 rings (SSSR count). The van der Waals surface area contributed by atoms with Gasteiger partial charge in [0, 0.05) is 19.6 Å². The highest BCUT2D eigenvalue weighted by molar-refractivity contribution is 5.74. The van der Waals surface area contributed by atoms with Crippen molar-refractivity contribution in [3.8, 4) is 0 Å². The Morgan fingerprint density at radius 2 is 2.20 bits per heavy atom. The van der Waals surface area contributed by atoms with E-state index in [1.54, 1.807) is 17.0 Å². The molecule has 0 spiro atoms. The smallest absolute Gasteiger partial charge is 0.317 e. The Bertz CT molecular complexity index is 436. The normalized spacial score (nSPS) is 18.9. The quantitative estimate of drug-likeness (QED) is 0.918. The summed E-state index contributed by atoms with van der Waals surface area (Å²) in [7, 11) is 0. The van der Waals surface area contributed by atoms with Crippen LogP contribution in [0.5, 0.6) is 0 Å². The van der Waals surface area contributed by atoms with Gasteiger partial charge >= 0.3 is 6.03 Å². The molecular weight excluding hydrogens is 259 g/mol. The molecule has 4 nitrogen and oxygen atoms in total. The van der Waals surface area contributed by atoms with Gasteiger partial charge in [0.2, 0.25) is 0 Å². The largest absolute Gasteiger partial charge is 0.375 e. The maximum absolute atomic E-state index is 12.8. The maximum Gasteiger partial charge on any atom is 0.317 e. The first-order valence-corrected chi connectivity index (χ1v) is 7.08. The lowest BCUT2D eigenvalue weighted by atomic mass is 10.1. The number of morpholine rings is 1. The third-order valence-corrected chi connectivity index (χ3v) is 3.48. The number of amides is 2. The Labute approximate surface area is 118 Å². The van der Waals surface area contributed by atoms with Crippen molar-refractivity contribution in [1.82, 2.24) is 10.2 Å². The first-order chi connectivity index (χ1) is 9.69. The molecule has 5 heteroatoms.